The largest absolute Gasteiger partial charge is 0.333 e. The van der Waals surface area contributed by atoms with Crippen LogP contribution in [0.15, 0.2) is 58.4 Å². The van der Waals surface area contributed by atoms with E-state index in [0.717, 1.165) is 11.1 Å². The van der Waals surface area contributed by atoms with Crippen LogP contribution in [0.4, 0.5) is 0 Å². The minimum absolute atomic E-state index is 0.0747. The second kappa shape index (κ2) is 6.77. The molecule has 0 saturated heterocycles. The summed E-state index contributed by atoms with van der Waals surface area (Å²) in [6.45, 7) is 8.51. The Morgan fingerprint density at radius 1 is 1.32 bits per heavy atom. The molecule has 25 heavy (non-hydrogen) atoms. The van der Waals surface area contributed by atoms with Crippen LogP contribution in [0.3, 0.4) is 0 Å². The summed E-state index contributed by atoms with van der Waals surface area (Å²) in [7, 11) is -3.56. The predicted octanol–water partition coefficient (Wildman–Crippen LogP) is 0.286. The topological polar surface area (TPSA) is 86.2 Å². The molecule has 0 saturated carbocycles. The van der Waals surface area contributed by atoms with Crippen molar-refractivity contribution in [1.29, 1.82) is 0 Å². The first-order valence-electron chi connectivity index (χ1n) is 7.69. The number of carbonyl (C=O) groups excluding carboxylic acids is 1. The number of sulfonamides is 1. The molecule has 0 bridgehead atoms. The molecule has 0 atom stereocenters. The van der Waals surface area contributed by atoms with Gasteiger partial charge in [0.25, 0.3) is 0 Å². The molecule has 3 rings (SSSR count). The third-order valence-corrected chi connectivity index (χ3v) is 6.09. The summed E-state index contributed by atoms with van der Waals surface area (Å²) in [6, 6.07) is 3.14. The van der Waals surface area contributed by atoms with Gasteiger partial charge >= 0.3 is 0 Å². The molecule has 1 amide bonds. The second-order valence-electron chi connectivity index (χ2n) is 5.84. The van der Waals surface area contributed by atoms with E-state index in [4.69, 9.17) is 0 Å². The lowest BCUT2D eigenvalue weighted by Gasteiger charge is -2.24. The summed E-state index contributed by atoms with van der Waals surface area (Å²) in [4.78, 5) is 18.0. The molecule has 1 aromatic rings. The van der Waals surface area contributed by atoms with Crippen LogP contribution in [0.25, 0.3) is 0 Å². The van der Waals surface area contributed by atoms with Gasteiger partial charge in [0.15, 0.2) is 0 Å². The number of hydrogen-bond donors (Lipinski definition) is 0. The molecule has 0 aliphatic carbocycles. The Hall–Kier alpha value is -2.52. The molecular formula is C16H19N5O3S. The maximum Gasteiger partial charge on any atom is 0.245 e. The molecule has 2 aliphatic rings. The Balaban J connectivity index is 1.63. The van der Waals surface area contributed by atoms with Gasteiger partial charge in [-0.2, -0.15) is 9.41 Å². The minimum Gasteiger partial charge on any atom is -0.333 e. The van der Waals surface area contributed by atoms with Crippen molar-refractivity contribution in [2.45, 2.75) is 4.90 Å². The van der Waals surface area contributed by atoms with Crippen molar-refractivity contribution in [3.63, 3.8) is 0 Å². The smallest absolute Gasteiger partial charge is 0.245 e. The second-order valence-corrected chi connectivity index (χ2v) is 7.78. The van der Waals surface area contributed by atoms with Gasteiger partial charge in [0.2, 0.25) is 15.9 Å². The van der Waals surface area contributed by atoms with E-state index in [-0.39, 0.29) is 17.3 Å². The van der Waals surface area contributed by atoms with Crippen LogP contribution < -0.4 is 0 Å². The Morgan fingerprint density at radius 2 is 2.00 bits per heavy atom. The van der Waals surface area contributed by atoms with E-state index in [1.165, 1.54) is 34.0 Å². The molecule has 9 heteroatoms. The standard InChI is InChI=1S/C16H19N5O3S/c1-3-20(17-2)12-16(22)19-8-13-10-21(11-14(13)9-19)25(23,24)15-5-4-6-18-7-15/h3-7H,1-2,8-12H2. The lowest BCUT2D eigenvalue weighted by atomic mass is 10.2. The highest BCUT2D eigenvalue weighted by molar-refractivity contribution is 7.89. The molecule has 2 aliphatic heterocycles. The number of amides is 1. The lowest BCUT2D eigenvalue weighted by Crippen LogP contribution is -2.39. The number of pyridine rings is 1. The first-order valence-corrected chi connectivity index (χ1v) is 9.13. The summed E-state index contributed by atoms with van der Waals surface area (Å²) >= 11 is 0. The fourth-order valence-electron chi connectivity index (χ4n) is 2.95. The van der Waals surface area contributed by atoms with E-state index in [9.17, 15) is 13.2 Å². The van der Waals surface area contributed by atoms with E-state index < -0.39 is 10.0 Å². The normalized spacial score (nSPS) is 17.5. The van der Waals surface area contributed by atoms with Crippen LogP contribution in [-0.2, 0) is 14.8 Å². The fraction of sp³-hybridized carbons (Fsp3) is 0.312. The maximum atomic E-state index is 12.6. The van der Waals surface area contributed by atoms with Crippen molar-refractivity contribution in [3.05, 3.63) is 48.5 Å². The van der Waals surface area contributed by atoms with Gasteiger partial charge in [0, 0.05) is 51.5 Å². The van der Waals surface area contributed by atoms with Crippen LogP contribution in [0, 0.1) is 0 Å². The van der Waals surface area contributed by atoms with Crippen LogP contribution in [-0.4, -0.2) is 73.0 Å². The molecule has 1 aromatic heterocycles. The summed E-state index contributed by atoms with van der Waals surface area (Å²) in [6.07, 6.45) is 4.32. The van der Waals surface area contributed by atoms with Gasteiger partial charge in [-0.25, -0.2) is 8.42 Å². The molecule has 3 heterocycles. The number of nitrogens with zero attached hydrogens (tertiary/aromatic N) is 5. The van der Waals surface area contributed by atoms with Gasteiger partial charge in [0.05, 0.1) is 0 Å². The van der Waals surface area contributed by atoms with Crippen LogP contribution in [0.5, 0.6) is 0 Å². The first kappa shape index (κ1) is 17.3. The van der Waals surface area contributed by atoms with Gasteiger partial charge in [-0.1, -0.05) is 6.58 Å². The third-order valence-electron chi connectivity index (χ3n) is 4.31. The monoisotopic (exact) mass is 361 g/mol. The number of hydrazone groups is 1. The Kier molecular flexibility index (Phi) is 4.69. The van der Waals surface area contributed by atoms with E-state index in [0.29, 0.717) is 26.2 Å². The van der Waals surface area contributed by atoms with Gasteiger partial charge < -0.3 is 4.90 Å². The van der Waals surface area contributed by atoms with Crippen molar-refractivity contribution in [3.8, 4) is 0 Å². The van der Waals surface area contributed by atoms with E-state index in [1.54, 1.807) is 11.0 Å². The fourth-order valence-corrected chi connectivity index (χ4v) is 4.35. The zero-order chi connectivity index (χ0) is 18.0. The summed E-state index contributed by atoms with van der Waals surface area (Å²) in [5.74, 6) is -0.0941. The number of rotatable bonds is 6. The van der Waals surface area contributed by atoms with Crippen LogP contribution >= 0.6 is 0 Å². The molecule has 0 aromatic carbocycles. The molecule has 0 fully saturated rings. The summed E-state index contributed by atoms with van der Waals surface area (Å²) in [5.41, 5.74) is 1.97. The highest BCUT2D eigenvalue weighted by atomic mass is 32.2. The first-order chi connectivity index (χ1) is 12.0. The molecule has 0 unspecified atom stereocenters. The van der Waals surface area contributed by atoms with Crippen molar-refractivity contribution in [2.24, 2.45) is 5.10 Å². The number of carbonyl (C=O) groups is 1. The van der Waals surface area contributed by atoms with Crippen LogP contribution in [0.1, 0.15) is 0 Å². The van der Waals surface area contributed by atoms with Crippen LogP contribution in [0.2, 0.25) is 0 Å². The number of aromatic nitrogens is 1. The highest BCUT2D eigenvalue weighted by Crippen LogP contribution is 2.29. The number of hydrogen-bond acceptors (Lipinski definition) is 6. The average Bonchev–Trinajstić information content (AvgIpc) is 3.19. The van der Waals surface area contributed by atoms with E-state index in [1.807, 2.05) is 0 Å². The minimum atomic E-state index is -3.56. The van der Waals surface area contributed by atoms with Crippen molar-refractivity contribution < 1.29 is 13.2 Å². The summed E-state index contributed by atoms with van der Waals surface area (Å²) in [5, 5.41) is 5.04. The molecule has 0 N–H and O–H groups in total. The van der Waals surface area contributed by atoms with Gasteiger partial charge in [-0.3, -0.25) is 14.8 Å². The zero-order valence-corrected chi connectivity index (χ0v) is 14.5. The average molecular weight is 361 g/mol. The molecular weight excluding hydrogens is 342 g/mol. The lowest BCUT2D eigenvalue weighted by molar-refractivity contribution is -0.130. The Morgan fingerprint density at radius 3 is 2.52 bits per heavy atom. The van der Waals surface area contributed by atoms with Crippen molar-refractivity contribution >= 4 is 22.6 Å². The van der Waals surface area contributed by atoms with Crippen molar-refractivity contribution in [1.82, 2.24) is 19.2 Å². The molecule has 8 nitrogen and oxygen atoms in total. The highest BCUT2D eigenvalue weighted by Gasteiger charge is 2.37. The van der Waals surface area contributed by atoms with Gasteiger partial charge in [-0.15, -0.1) is 0 Å². The van der Waals surface area contributed by atoms with Gasteiger partial charge in [-0.05, 0) is 23.3 Å². The Bertz CT molecular complexity index is 809. The quantitative estimate of drug-likeness (QED) is 0.413. The zero-order valence-electron chi connectivity index (χ0n) is 13.7. The van der Waals surface area contributed by atoms with Gasteiger partial charge in [0.1, 0.15) is 11.4 Å². The van der Waals surface area contributed by atoms with E-state index >= 15 is 0 Å². The predicted molar refractivity (Wildman–Crippen MR) is 93.1 cm³/mol. The Labute approximate surface area is 146 Å². The maximum absolute atomic E-state index is 12.6. The summed E-state index contributed by atoms with van der Waals surface area (Å²) < 4.78 is 26.7. The van der Waals surface area contributed by atoms with E-state index in [2.05, 4.69) is 23.4 Å². The third kappa shape index (κ3) is 3.33. The molecule has 132 valence electrons. The van der Waals surface area contributed by atoms with Crippen molar-refractivity contribution in [2.75, 3.05) is 32.7 Å². The molecule has 0 spiro atoms. The molecule has 0 radical (unpaired) electrons. The SMILES string of the molecule is C=CN(CC(=O)N1CC2=C(C1)CN(S(=O)(=O)c1cccnc1)C2)N=C.